The quantitative estimate of drug-likeness (QED) is 0.740. The second kappa shape index (κ2) is 6.64. The van der Waals surface area contributed by atoms with Gasteiger partial charge in [-0.25, -0.2) is 0 Å². The third-order valence-corrected chi connectivity index (χ3v) is 4.99. The zero-order valence-corrected chi connectivity index (χ0v) is 11.5. The first-order chi connectivity index (χ1) is 8.27. The number of carbonyl (C=O) groups is 1. The van der Waals surface area contributed by atoms with Crippen molar-refractivity contribution in [3.05, 3.63) is 0 Å². The highest BCUT2D eigenvalue weighted by molar-refractivity contribution is 7.99. The van der Waals surface area contributed by atoms with Gasteiger partial charge in [-0.3, -0.25) is 4.79 Å². The van der Waals surface area contributed by atoms with Gasteiger partial charge in [0.15, 0.2) is 0 Å². The average molecular weight is 256 g/mol. The maximum Gasteiger partial charge on any atom is 0.238 e. The highest BCUT2D eigenvalue weighted by atomic mass is 32.2. The van der Waals surface area contributed by atoms with E-state index in [1.54, 1.807) is 0 Å². The first-order valence-electron chi connectivity index (χ1n) is 6.89. The molecule has 3 unspecified atom stereocenters. The lowest BCUT2D eigenvalue weighted by molar-refractivity contribution is -0.123. The molecule has 17 heavy (non-hydrogen) atoms. The van der Waals surface area contributed by atoms with Crippen LogP contribution in [0.3, 0.4) is 0 Å². The van der Waals surface area contributed by atoms with Crippen molar-refractivity contribution < 1.29 is 4.79 Å². The van der Waals surface area contributed by atoms with E-state index < -0.39 is 0 Å². The summed E-state index contributed by atoms with van der Waals surface area (Å²) < 4.78 is 0. The van der Waals surface area contributed by atoms with E-state index in [1.165, 1.54) is 25.7 Å². The normalized spacial score (nSPS) is 35.0. The van der Waals surface area contributed by atoms with Crippen LogP contribution in [0.1, 0.15) is 39.0 Å². The molecule has 4 heteroatoms. The zero-order valence-electron chi connectivity index (χ0n) is 10.7. The molecule has 1 saturated carbocycles. The lowest BCUT2D eigenvalue weighted by Gasteiger charge is -2.27. The maximum atomic E-state index is 12.1. The van der Waals surface area contributed by atoms with Crippen LogP contribution >= 0.6 is 11.8 Å². The number of carbonyl (C=O) groups excluding carboxylic acids is 1. The van der Waals surface area contributed by atoms with Crippen LogP contribution < -0.4 is 10.6 Å². The van der Waals surface area contributed by atoms with Gasteiger partial charge in [-0.2, -0.15) is 11.8 Å². The van der Waals surface area contributed by atoms with Gasteiger partial charge in [0.05, 0.1) is 6.04 Å². The van der Waals surface area contributed by atoms with E-state index in [4.69, 9.17) is 0 Å². The molecule has 1 aliphatic carbocycles. The van der Waals surface area contributed by atoms with Gasteiger partial charge in [0, 0.05) is 24.1 Å². The highest BCUT2D eigenvalue weighted by Gasteiger charge is 2.26. The maximum absolute atomic E-state index is 12.1. The second-order valence-electron chi connectivity index (χ2n) is 5.31. The van der Waals surface area contributed by atoms with E-state index in [0.717, 1.165) is 24.5 Å². The molecular formula is C13H24N2OS. The van der Waals surface area contributed by atoms with E-state index >= 15 is 0 Å². The smallest absolute Gasteiger partial charge is 0.238 e. The first kappa shape index (κ1) is 13.2. The molecule has 1 amide bonds. The van der Waals surface area contributed by atoms with Crippen LogP contribution in [0.4, 0.5) is 0 Å². The van der Waals surface area contributed by atoms with Gasteiger partial charge in [0.2, 0.25) is 5.91 Å². The fourth-order valence-corrected chi connectivity index (χ4v) is 3.66. The van der Waals surface area contributed by atoms with Gasteiger partial charge < -0.3 is 10.6 Å². The Morgan fingerprint density at radius 3 is 2.88 bits per heavy atom. The molecule has 1 saturated heterocycles. The van der Waals surface area contributed by atoms with Gasteiger partial charge in [-0.15, -0.1) is 0 Å². The third kappa shape index (κ3) is 3.88. The average Bonchev–Trinajstić information content (AvgIpc) is 2.56. The van der Waals surface area contributed by atoms with Crippen LogP contribution in [0.2, 0.25) is 0 Å². The Kier molecular flexibility index (Phi) is 5.16. The largest absolute Gasteiger partial charge is 0.352 e. The van der Waals surface area contributed by atoms with E-state index in [2.05, 4.69) is 17.6 Å². The van der Waals surface area contributed by atoms with Crippen LogP contribution in [0, 0.1) is 5.92 Å². The van der Waals surface area contributed by atoms with Crippen molar-refractivity contribution in [3.63, 3.8) is 0 Å². The Bertz CT molecular complexity index is 254. The topological polar surface area (TPSA) is 41.1 Å². The van der Waals surface area contributed by atoms with Crippen molar-refractivity contribution in [1.82, 2.24) is 10.6 Å². The van der Waals surface area contributed by atoms with E-state index in [0.29, 0.717) is 12.0 Å². The van der Waals surface area contributed by atoms with Crippen LogP contribution in [0.25, 0.3) is 0 Å². The number of hydrogen-bond donors (Lipinski definition) is 2. The summed E-state index contributed by atoms with van der Waals surface area (Å²) in [7, 11) is 0. The van der Waals surface area contributed by atoms with Crippen LogP contribution in [-0.4, -0.2) is 36.0 Å². The molecule has 0 aromatic heterocycles. The second-order valence-corrected chi connectivity index (χ2v) is 6.46. The van der Waals surface area contributed by atoms with Gasteiger partial charge >= 0.3 is 0 Å². The Morgan fingerprint density at radius 1 is 1.29 bits per heavy atom. The van der Waals surface area contributed by atoms with Crippen molar-refractivity contribution in [1.29, 1.82) is 0 Å². The molecule has 0 spiro atoms. The van der Waals surface area contributed by atoms with Gasteiger partial charge in [0.1, 0.15) is 0 Å². The number of hydrogen-bond acceptors (Lipinski definition) is 3. The fraction of sp³-hybridized carbons (Fsp3) is 0.923. The molecule has 98 valence electrons. The minimum Gasteiger partial charge on any atom is -0.352 e. The molecule has 2 fully saturated rings. The predicted octanol–water partition coefficient (Wildman–Crippen LogP) is 1.78. The molecule has 1 aliphatic heterocycles. The Balaban J connectivity index is 1.83. The van der Waals surface area contributed by atoms with Gasteiger partial charge in [-0.05, 0) is 18.8 Å². The molecule has 2 aliphatic rings. The standard InChI is InChI=1S/C13H24N2OS/c1-10-5-3-2-4-6-11(10)15-13(16)12-9-17-8-7-14-12/h10-12,14H,2-9H2,1H3,(H,15,16). The van der Waals surface area contributed by atoms with E-state index in [9.17, 15) is 4.79 Å². The molecule has 0 radical (unpaired) electrons. The van der Waals surface area contributed by atoms with Crippen molar-refractivity contribution in [2.45, 2.75) is 51.1 Å². The van der Waals surface area contributed by atoms with Crippen molar-refractivity contribution in [2.75, 3.05) is 18.1 Å². The summed E-state index contributed by atoms with van der Waals surface area (Å²) in [6.07, 6.45) is 6.34. The van der Waals surface area contributed by atoms with Crippen molar-refractivity contribution in [3.8, 4) is 0 Å². The molecule has 3 nitrogen and oxygen atoms in total. The molecule has 1 heterocycles. The number of rotatable bonds is 2. The van der Waals surface area contributed by atoms with Crippen LogP contribution in [0.15, 0.2) is 0 Å². The SMILES string of the molecule is CC1CCCCCC1NC(=O)C1CSCCN1. The molecule has 0 aromatic carbocycles. The monoisotopic (exact) mass is 256 g/mol. The summed E-state index contributed by atoms with van der Waals surface area (Å²) in [5.41, 5.74) is 0. The highest BCUT2D eigenvalue weighted by Crippen LogP contribution is 2.23. The Hall–Kier alpha value is -0.220. The lowest BCUT2D eigenvalue weighted by atomic mass is 9.96. The summed E-state index contributed by atoms with van der Waals surface area (Å²) >= 11 is 1.87. The van der Waals surface area contributed by atoms with Crippen LogP contribution in [-0.2, 0) is 4.79 Å². The molecular weight excluding hydrogens is 232 g/mol. The van der Waals surface area contributed by atoms with Gasteiger partial charge in [0.25, 0.3) is 0 Å². The predicted molar refractivity (Wildman–Crippen MR) is 73.3 cm³/mol. The molecule has 2 rings (SSSR count). The number of nitrogens with one attached hydrogen (secondary N) is 2. The summed E-state index contributed by atoms with van der Waals surface area (Å²) in [6.45, 7) is 3.24. The number of thioether (sulfide) groups is 1. The Labute approximate surface area is 108 Å². The third-order valence-electron chi connectivity index (χ3n) is 3.93. The summed E-state index contributed by atoms with van der Waals surface area (Å²) in [4.78, 5) is 12.1. The minimum atomic E-state index is 0.0317. The van der Waals surface area contributed by atoms with E-state index in [-0.39, 0.29) is 11.9 Å². The summed E-state index contributed by atoms with van der Waals surface area (Å²) in [6, 6.07) is 0.433. The molecule has 3 atom stereocenters. The van der Waals surface area contributed by atoms with Crippen LogP contribution in [0.5, 0.6) is 0 Å². The molecule has 0 bridgehead atoms. The van der Waals surface area contributed by atoms with Gasteiger partial charge in [-0.1, -0.05) is 26.2 Å². The first-order valence-corrected chi connectivity index (χ1v) is 8.04. The fourth-order valence-electron chi connectivity index (χ4n) is 2.72. The molecule has 2 N–H and O–H groups in total. The lowest BCUT2D eigenvalue weighted by Crippen LogP contribution is -2.52. The zero-order chi connectivity index (χ0) is 12.1. The van der Waals surface area contributed by atoms with Crippen molar-refractivity contribution >= 4 is 17.7 Å². The summed E-state index contributed by atoms with van der Waals surface area (Å²) in [5, 5.41) is 6.57. The Morgan fingerprint density at radius 2 is 2.12 bits per heavy atom. The molecule has 0 aromatic rings. The number of amides is 1. The minimum absolute atomic E-state index is 0.0317. The summed E-state index contributed by atoms with van der Waals surface area (Å²) in [5.74, 6) is 2.91. The van der Waals surface area contributed by atoms with Crippen molar-refractivity contribution in [2.24, 2.45) is 5.92 Å². The van der Waals surface area contributed by atoms with E-state index in [1.807, 2.05) is 11.8 Å².